The number of hydrogen-bond acceptors (Lipinski definition) is 3. The Bertz CT molecular complexity index is 630. The zero-order valence-corrected chi connectivity index (χ0v) is 15.9. The summed E-state index contributed by atoms with van der Waals surface area (Å²) in [6.45, 7) is 4.06. The van der Waals surface area contributed by atoms with E-state index in [4.69, 9.17) is 4.74 Å². The summed E-state index contributed by atoms with van der Waals surface area (Å²) in [6, 6.07) is 7.41. The quantitative estimate of drug-likeness (QED) is 0.893. The molecule has 26 heavy (non-hydrogen) atoms. The number of rotatable bonds is 4. The lowest BCUT2D eigenvalue weighted by Crippen LogP contribution is -2.42. The molecule has 3 rings (SSSR count). The largest absolute Gasteiger partial charge is 0.497 e. The van der Waals surface area contributed by atoms with Crippen LogP contribution in [-0.2, 0) is 9.59 Å². The summed E-state index contributed by atoms with van der Waals surface area (Å²) in [7, 11) is 1.61. The first kappa shape index (κ1) is 18.7. The van der Waals surface area contributed by atoms with Crippen LogP contribution in [0.15, 0.2) is 24.3 Å². The number of nitrogens with one attached hydrogen (secondary N) is 1. The molecule has 1 heterocycles. The highest BCUT2D eigenvalue weighted by Crippen LogP contribution is 2.32. The van der Waals surface area contributed by atoms with Gasteiger partial charge in [0.2, 0.25) is 11.8 Å². The summed E-state index contributed by atoms with van der Waals surface area (Å²) >= 11 is 0. The van der Waals surface area contributed by atoms with E-state index < -0.39 is 0 Å². The van der Waals surface area contributed by atoms with Crippen LogP contribution in [0.25, 0.3) is 0 Å². The van der Waals surface area contributed by atoms with Gasteiger partial charge < -0.3 is 15.0 Å². The normalized spacial score (nSPS) is 24.2. The van der Waals surface area contributed by atoms with Crippen molar-refractivity contribution in [2.45, 2.75) is 45.4 Å². The number of piperidine rings is 1. The SMILES string of the molecule is COc1cccc(NC(=O)C2CCC(C(=O)N3CCC(C)CC3)CC2)c1. The number of hydrogen-bond donors (Lipinski definition) is 1. The maximum atomic E-state index is 12.7. The second-order valence-electron chi connectivity index (χ2n) is 7.78. The molecule has 1 aromatic carbocycles. The predicted octanol–water partition coefficient (Wildman–Crippen LogP) is 3.70. The molecule has 0 bridgehead atoms. The van der Waals surface area contributed by atoms with E-state index in [0.29, 0.717) is 5.91 Å². The van der Waals surface area contributed by atoms with Gasteiger partial charge in [-0.05, 0) is 56.6 Å². The van der Waals surface area contributed by atoms with Crippen molar-refractivity contribution in [3.63, 3.8) is 0 Å². The number of carbonyl (C=O) groups is 2. The summed E-state index contributed by atoms with van der Waals surface area (Å²) in [5.74, 6) is 1.92. The van der Waals surface area contributed by atoms with Crippen LogP contribution in [0.1, 0.15) is 45.4 Å². The van der Waals surface area contributed by atoms with Crippen molar-refractivity contribution in [1.82, 2.24) is 4.90 Å². The Morgan fingerprint density at radius 1 is 1.04 bits per heavy atom. The molecule has 0 spiro atoms. The third kappa shape index (κ3) is 4.57. The summed E-state index contributed by atoms with van der Waals surface area (Å²) in [5, 5.41) is 2.98. The summed E-state index contributed by atoms with van der Waals surface area (Å²) in [5.41, 5.74) is 0.759. The molecular formula is C21H30N2O3. The average molecular weight is 358 g/mol. The first-order chi connectivity index (χ1) is 12.6. The van der Waals surface area contributed by atoms with Gasteiger partial charge in [-0.2, -0.15) is 0 Å². The maximum Gasteiger partial charge on any atom is 0.227 e. The average Bonchev–Trinajstić information content (AvgIpc) is 2.68. The van der Waals surface area contributed by atoms with E-state index in [2.05, 4.69) is 12.2 Å². The molecule has 1 N–H and O–H groups in total. The van der Waals surface area contributed by atoms with Crippen LogP contribution in [0.2, 0.25) is 0 Å². The molecule has 2 fully saturated rings. The number of likely N-dealkylation sites (tertiary alicyclic amines) is 1. The van der Waals surface area contributed by atoms with Crippen LogP contribution in [0.5, 0.6) is 5.75 Å². The Morgan fingerprint density at radius 3 is 2.35 bits per heavy atom. The summed E-state index contributed by atoms with van der Waals surface area (Å²) < 4.78 is 5.19. The van der Waals surface area contributed by atoms with Crippen molar-refractivity contribution in [1.29, 1.82) is 0 Å². The van der Waals surface area contributed by atoms with Gasteiger partial charge in [0.05, 0.1) is 7.11 Å². The van der Waals surface area contributed by atoms with Crippen LogP contribution in [-0.4, -0.2) is 36.9 Å². The van der Waals surface area contributed by atoms with Crippen molar-refractivity contribution in [3.05, 3.63) is 24.3 Å². The lowest BCUT2D eigenvalue weighted by molar-refractivity contribution is -0.139. The maximum absolute atomic E-state index is 12.7. The zero-order chi connectivity index (χ0) is 18.5. The molecule has 0 unspecified atom stereocenters. The molecule has 5 heteroatoms. The molecular weight excluding hydrogens is 328 g/mol. The predicted molar refractivity (Wildman–Crippen MR) is 102 cm³/mol. The molecule has 1 aromatic rings. The molecule has 2 amide bonds. The number of anilines is 1. The number of benzene rings is 1. The van der Waals surface area contributed by atoms with E-state index in [1.165, 1.54) is 0 Å². The Kier molecular flexibility index (Phi) is 6.17. The van der Waals surface area contributed by atoms with Crippen LogP contribution in [0, 0.1) is 17.8 Å². The molecule has 1 aliphatic heterocycles. The van der Waals surface area contributed by atoms with E-state index in [-0.39, 0.29) is 17.7 Å². The fraction of sp³-hybridized carbons (Fsp3) is 0.619. The molecule has 0 radical (unpaired) electrons. The van der Waals surface area contributed by atoms with Gasteiger partial charge in [0.15, 0.2) is 0 Å². The fourth-order valence-corrected chi connectivity index (χ4v) is 4.03. The molecule has 2 aliphatic rings. The number of carbonyl (C=O) groups excluding carboxylic acids is 2. The highest BCUT2D eigenvalue weighted by atomic mass is 16.5. The van der Waals surface area contributed by atoms with Crippen molar-refractivity contribution >= 4 is 17.5 Å². The van der Waals surface area contributed by atoms with E-state index in [1.807, 2.05) is 29.2 Å². The lowest BCUT2D eigenvalue weighted by atomic mass is 9.80. The second-order valence-corrected chi connectivity index (χ2v) is 7.78. The number of amides is 2. The third-order valence-electron chi connectivity index (χ3n) is 5.88. The lowest BCUT2D eigenvalue weighted by Gasteiger charge is -2.35. The topological polar surface area (TPSA) is 58.6 Å². The highest BCUT2D eigenvalue weighted by Gasteiger charge is 2.33. The molecule has 142 valence electrons. The monoisotopic (exact) mass is 358 g/mol. The first-order valence-corrected chi connectivity index (χ1v) is 9.80. The Hall–Kier alpha value is -2.04. The van der Waals surface area contributed by atoms with Crippen LogP contribution in [0.4, 0.5) is 5.69 Å². The Labute approximate surface area is 156 Å². The van der Waals surface area contributed by atoms with Gasteiger partial charge in [0.1, 0.15) is 5.75 Å². The number of methoxy groups -OCH3 is 1. The highest BCUT2D eigenvalue weighted by molar-refractivity contribution is 5.93. The van der Waals surface area contributed by atoms with Crippen molar-refractivity contribution in [3.8, 4) is 5.75 Å². The molecule has 0 atom stereocenters. The zero-order valence-electron chi connectivity index (χ0n) is 15.9. The van der Waals surface area contributed by atoms with E-state index in [0.717, 1.165) is 69.0 Å². The minimum Gasteiger partial charge on any atom is -0.497 e. The molecule has 1 saturated carbocycles. The van der Waals surface area contributed by atoms with Crippen molar-refractivity contribution < 1.29 is 14.3 Å². The van der Waals surface area contributed by atoms with Gasteiger partial charge in [-0.15, -0.1) is 0 Å². The number of ether oxygens (including phenoxy) is 1. The second kappa shape index (κ2) is 8.56. The van der Waals surface area contributed by atoms with Crippen molar-refractivity contribution in [2.24, 2.45) is 17.8 Å². The molecule has 1 saturated heterocycles. The van der Waals surface area contributed by atoms with Crippen LogP contribution < -0.4 is 10.1 Å². The molecule has 1 aliphatic carbocycles. The van der Waals surface area contributed by atoms with Gasteiger partial charge in [-0.3, -0.25) is 9.59 Å². The number of nitrogens with zero attached hydrogens (tertiary/aromatic N) is 1. The summed E-state index contributed by atoms with van der Waals surface area (Å²) in [4.78, 5) is 27.3. The van der Waals surface area contributed by atoms with E-state index in [9.17, 15) is 9.59 Å². The minimum atomic E-state index is -0.00775. The molecule has 0 aromatic heterocycles. The fourth-order valence-electron chi connectivity index (χ4n) is 4.03. The first-order valence-electron chi connectivity index (χ1n) is 9.80. The smallest absolute Gasteiger partial charge is 0.227 e. The van der Waals surface area contributed by atoms with Gasteiger partial charge in [0, 0.05) is 36.7 Å². The Morgan fingerprint density at radius 2 is 1.69 bits per heavy atom. The molecule has 5 nitrogen and oxygen atoms in total. The summed E-state index contributed by atoms with van der Waals surface area (Å²) in [6.07, 6.45) is 5.45. The Balaban J connectivity index is 1.48. The van der Waals surface area contributed by atoms with Gasteiger partial charge in [-0.25, -0.2) is 0 Å². The van der Waals surface area contributed by atoms with Crippen molar-refractivity contribution in [2.75, 3.05) is 25.5 Å². The van der Waals surface area contributed by atoms with Gasteiger partial charge >= 0.3 is 0 Å². The van der Waals surface area contributed by atoms with Crippen LogP contribution >= 0.6 is 0 Å². The standard InChI is InChI=1S/C21H30N2O3/c1-15-10-12-23(13-11-15)21(25)17-8-6-16(7-9-17)20(24)22-18-4-3-5-19(14-18)26-2/h3-5,14-17H,6-13H2,1-2H3,(H,22,24). The minimum absolute atomic E-state index is 0.00775. The third-order valence-corrected chi connectivity index (χ3v) is 5.88. The van der Waals surface area contributed by atoms with Crippen LogP contribution in [0.3, 0.4) is 0 Å². The van der Waals surface area contributed by atoms with E-state index >= 15 is 0 Å². The van der Waals surface area contributed by atoms with Gasteiger partial charge in [-0.1, -0.05) is 13.0 Å². The van der Waals surface area contributed by atoms with E-state index in [1.54, 1.807) is 7.11 Å². The van der Waals surface area contributed by atoms with Gasteiger partial charge in [0.25, 0.3) is 0 Å².